The van der Waals surface area contributed by atoms with Crippen molar-refractivity contribution < 1.29 is 19.1 Å². The van der Waals surface area contributed by atoms with Crippen LogP contribution in [0.15, 0.2) is 0 Å². The number of methoxy groups -OCH3 is 1. The third-order valence-electron chi connectivity index (χ3n) is 4.13. The van der Waals surface area contributed by atoms with Crippen molar-refractivity contribution in [2.45, 2.75) is 64.8 Å². The van der Waals surface area contributed by atoms with Gasteiger partial charge in [-0.2, -0.15) is 0 Å². The Balaban J connectivity index is 2.47. The van der Waals surface area contributed by atoms with Crippen LogP contribution < -0.4 is 5.32 Å². The number of rotatable bonds is 4. The normalized spacial score (nSPS) is 19.1. The number of nitrogens with one attached hydrogen (secondary N) is 1. The van der Waals surface area contributed by atoms with Gasteiger partial charge >= 0.3 is 0 Å². The van der Waals surface area contributed by atoms with Gasteiger partial charge in [-0.05, 0) is 47.1 Å². The van der Waals surface area contributed by atoms with Crippen molar-refractivity contribution in [2.75, 3.05) is 12.4 Å². The number of anilines is 1. The lowest BCUT2D eigenvalue weighted by molar-refractivity contribution is -0.136. The second-order valence-electron chi connectivity index (χ2n) is 7.49. The van der Waals surface area contributed by atoms with Crippen LogP contribution in [-0.2, 0) is 26.3 Å². The number of hydrogen-bond donors (Lipinski definition) is 1. The van der Waals surface area contributed by atoms with E-state index in [1.165, 1.54) is 18.4 Å². The van der Waals surface area contributed by atoms with Gasteiger partial charge in [-0.3, -0.25) is 9.59 Å². The van der Waals surface area contributed by atoms with Crippen molar-refractivity contribution in [3.63, 3.8) is 0 Å². The number of carbonyl (C=O) groups excluding carboxylic acids is 2. The fourth-order valence-corrected chi connectivity index (χ4v) is 4.12. The molecule has 0 radical (unpaired) electrons. The second kappa shape index (κ2) is 5.69. The third-order valence-corrected chi connectivity index (χ3v) is 5.60. The highest BCUT2D eigenvalue weighted by Crippen LogP contribution is 2.47. The minimum atomic E-state index is -0.962. The summed E-state index contributed by atoms with van der Waals surface area (Å²) in [5.74, 6) is -0.278. The molecule has 0 fully saturated rings. The molecule has 0 aromatic carbocycles. The fraction of sp³-hybridized carbons (Fsp3) is 0.647. The second-order valence-corrected chi connectivity index (χ2v) is 8.51. The molecule has 1 aromatic heterocycles. The highest BCUT2D eigenvalue weighted by molar-refractivity contribution is 7.17. The number of ether oxygens (including phenoxy) is 2. The fourth-order valence-electron chi connectivity index (χ4n) is 2.90. The van der Waals surface area contributed by atoms with E-state index in [4.69, 9.17) is 9.47 Å². The zero-order valence-electron chi connectivity index (χ0n) is 14.8. The third kappa shape index (κ3) is 3.34. The van der Waals surface area contributed by atoms with Crippen LogP contribution in [0.5, 0.6) is 0 Å². The molecular weight excluding hydrogens is 314 g/mol. The number of amides is 1. The Hall–Kier alpha value is -1.24. The van der Waals surface area contributed by atoms with E-state index in [1.807, 2.05) is 27.7 Å². The van der Waals surface area contributed by atoms with Crippen LogP contribution in [0.25, 0.3) is 0 Å². The Morgan fingerprint density at radius 2 is 1.96 bits per heavy atom. The molecule has 23 heavy (non-hydrogen) atoms. The summed E-state index contributed by atoms with van der Waals surface area (Å²) in [4.78, 5) is 25.0. The van der Waals surface area contributed by atoms with Crippen LogP contribution in [0, 0.1) is 0 Å². The van der Waals surface area contributed by atoms with E-state index >= 15 is 0 Å². The van der Waals surface area contributed by atoms with Crippen molar-refractivity contribution >= 4 is 28.5 Å². The van der Waals surface area contributed by atoms with Gasteiger partial charge in [0.15, 0.2) is 6.29 Å². The molecule has 1 amide bonds. The maximum atomic E-state index is 12.4. The molecule has 0 atom stereocenters. The van der Waals surface area contributed by atoms with E-state index in [-0.39, 0.29) is 11.5 Å². The molecule has 6 heteroatoms. The van der Waals surface area contributed by atoms with E-state index in [2.05, 4.69) is 5.32 Å². The van der Waals surface area contributed by atoms with Gasteiger partial charge in [0.05, 0.1) is 16.8 Å². The number of aldehydes is 1. The number of hydrogen-bond acceptors (Lipinski definition) is 5. The topological polar surface area (TPSA) is 64.6 Å². The molecule has 1 N–H and O–H groups in total. The molecule has 1 aromatic rings. The van der Waals surface area contributed by atoms with Gasteiger partial charge in [0.1, 0.15) is 10.6 Å². The van der Waals surface area contributed by atoms with E-state index in [1.54, 1.807) is 13.8 Å². The SMILES string of the molecule is COC(C)(C)C(=O)Nc1sc2c(c1C=O)CC(C)(C)OC2(C)C. The lowest BCUT2D eigenvalue weighted by Crippen LogP contribution is -2.41. The molecule has 1 aliphatic heterocycles. The first-order chi connectivity index (χ1) is 10.4. The molecular formula is C17H25NO4S. The Bertz CT molecular complexity index is 643. The van der Waals surface area contributed by atoms with Crippen LogP contribution in [0.3, 0.4) is 0 Å². The lowest BCUT2D eigenvalue weighted by atomic mass is 9.87. The van der Waals surface area contributed by atoms with E-state index in [0.717, 1.165) is 16.7 Å². The smallest absolute Gasteiger partial charge is 0.256 e. The standard InChI is InChI=1S/C17H25NO4S/c1-15(2)8-10-11(9-19)13(18-14(20)17(5,6)21-7)23-12(10)16(3,4)22-15/h9H,8H2,1-7H3,(H,18,20). The average molecular weight is 339 g/mol. The first-order valence-corrected chi connectivity index (χ1v) is 8.43. The first-order valence-electron chi connectivity index (χ1n) is 7.61. The maximum absolute atomic E-state index is 12.4. The van der Waals surface area contributed by atoms with Crippen molar-refractivity contribution in [1.29, 1.82) is 0 Å². The van der Waals surface area contributed by atoms with Crippen LogP contribution in [0.1, 0.15) is 62.3 Å². The molecule has 0 spiro atoms. The molecule has 2 rings (SSSR count). The minimum Gasteiger partial charge on any atom is -0.369 e. The van der Waals surface area contributed by atoms with Crippen LogP contribution >= 0.6 is 11.3 Å². The Morgan fingerprint density at radius 3 is 2.48 bits per heavy atom. The molecule has 0 aliphatic carbocycles. The van der Waals surface area contributed by atoms with E-state index < -0.39 is 11.2 Å². The summed E-state index contributed by atoms with van der Waals surface area (Å²) < 4.78 is 11.4. The van der Waals surface area contributed by atoms with Crippen molar-refractivity contribution in [2.24, 2.45) is 0 Å². The van der Waals surface area contributed by atoms with Gasteiger partial charge in [0.25, 0.3) is 5.91 Å². The number of carbonyl (C=O) groups is 2. The molecule has 0 saturated heterocycles. The largest absolute Gasteiger partial charge is 0.369 e. The van der Waals surface area contributed by atoms with Gasteiger partial charge < -0.3 is 14.8 Å². The molecule has 2 heterocycles. The molecule has 5 nitrogen and oxygen atoms in total. The Kier molecular flexibility index (Phi) is 4.47. The van der Waals surface area contributed by atoms with Gasteiger partial charge in [0, 0.05) is 18.4 Å². The Morgan fingerprint density at radius 1 is 1.35 bits per heavy atom. The highest BCUT2D eigenvalue weighted by atomic mass is 32.1. The molecule has 128 valence electrons. The summed E-state index contributed by atoms with van der Waals surface area (Å²) in [6, 6.07) is 0. The van der Waals surface area contributed by atoms with Gasteiger partial charge in [0.2, 0.25) is 0 Å². The van der Waals surface area contributed by atoms with E-state index in [0.29, 0.717) is 17.0 Å². The van der Waals surface area contributed by atoms with Crippen molar-refractivity contribution in [3.8, 4) is 0 Å². The predicted molar refractivity (Wildman–Crippen MR) is 91.3 cm³/mol. The molecule has 0 saturated carbocycles. The summed E-state index contributed by atoms with van der Waals surface area (Å²) >= 11 is 1.41. The average Bonchev–Trinajstić information content (AvgIpc) is 2.74. The zero-order chi connectivity index (χ0) is 17.6. The number of fused-ring (bicyclic) bond motifs is 1. The number of thiophene rings is 1. The van der Waals surface area contributed by atoms with Gasteiger partial charge in [-0.25, -0.2) is 0 Å². The molecule has 0 bridgehead atoms. The van der Waals surface area contributed by atoms with Crippen LogP contribution in [0.4, 0.5) is 5.00 Å². The molecule has 1 aliphatic rings. The van der Waals surface area contributed by atoms with Crippen LogP contribution in [-0.4, -0.2) is 30.5 Å². The summed E-state index contributed by atoms with van der Waals surface area (Å²) in [5, 5.41) is 3.41. The Labute approximate surface area is 141 Å². The maximum Gasteiger partial charge on any atom is 0.256 e. The van der Waals surface area contributed by atoms with Crippen LogP contribution in [0.2, 0.25) is 0 Å². The monoisotopic (exact) mass is 339 g/mol. The first kappa shape index (κ1) is 18.1. The zero-order valence-corrected chi connectivity index (χ0v) is 15.6. The van der Waals surface area contributed by atoms with Crippen molar-refractivity contribution in [3.05, 3.63) is 16.0 Å². The summed E-state index contributed by atoms with van der Waals surface area (Å²) in [7, 11) is 1.49. The van der Waals surface area contributed by atoms with Crippen molar-refractivity contribution in [1.82, 2.24) is 0 Å². The molecule has 0 unspecified atom stereocenters. The summed E-state index contributed by atoms with van der Waals surface area (Å²) in [5.41, 5.74) is -0.302. The van der Waals surface area contributed by atoms with E-state index in [9.17, 15) is 9.59 Å². The van der Waals surface area contributed by atoms with Gasteiger partial charge in [-0.1, -0.05) is 0 Å². The summed E-state index contributed by atoms with van der Waals surface area (Å²) in [6.07, 6.45) is 1.46. The predicted octanol–water partition coefficient (Wildman–Crippen LogP) is 3.51. The minimum absolute atomic E-state index is 0.278. The lowest BCUT2D eigenvalue weighted by Gasteiger charge is -2.41. The quantitative estimate of drug-likeness (QED) is 0.853. The van der Waals surface area contributed by atoms with Gasteiger partial charge in [-0.15, -0.1) is 11.3 Å². The highest BCUT2D eigenvalue weighted by Gasteiger charge is 2.42. The summed E-state index contributed by atoms with van der Waals surface area (Å²) in [6.45, 7) is 11.4.